The number of nitrogens with zero attached hydrogens (tertiary/aromatic N) is 4. The predicted molar refractivity (Wildman–Crippen MR) is 98.5 cm³/mol. The third kappa shape index (κ3) is 4.08. The Morgan fingerprint density at radius 1 is 1.32 bits per heavy atom. The topological polar surface area (TPSA) is 69.9 Å². The largest absolute Gasteiger partial charge is 0.461 e. The molecule has 3 aromatic rings. The molecule has 0 N–H and O–H groups in total. The van der Waals surface area contributed by atoms with Crippen molar-refractivity contribution in [2.75, 3.05) is 6.61 Å². The zero-order valence-electron chi connectivity index (χ0n) is 14.2. The third-order valence-electron chi connectivity index (χ3n) is 3.42. The quantitative estimate of drug-likeness (QED) is 0.483. The van der Waals surface area contributed by atoms with E-state index in [0.717, 1.165) is 21.7 Å². The minimum absolute atomic E-state index is 0.347. The van der Waals surface area contributed by atoms with Gasteiger partial charge in [-0.15, -0.1) is 21.5 Å². The number of hydrogen-bond donors (Lipinski definition) is 0. The highest BCUT2D eigenvalue weighted by Gasteiger charge is 2.15. The van der Waals surface area contributed by atoms with Gasteiger partial charge >= 0.3 is 5.97 Å². The Morgan fingerprint density at radius 2 is 2.16 bits per heavy atom. The molecule has 8 heteroatoms. The van der Waals surface area contributed by atoms with Gasteiger partial charge in [-0.05, 0) is 38.5 Å². The highest BCUT2D eigenvalue weighted by Crippen LogP contribution is 2.26. The Bertz CT molecular complexity index is 888. The first-order valence-corrected chi connectivity index (χ1v) is 9.68. The number of thioether (sulfide) groups is 1. The Balaban J connectivity index is 1.76. The van der Waals surface area contributed by atoms with Gasteiger partial charge in [0.15, 0.2) is 10.9 Å². The van der Waals surface area contributed by atoms with Crippen LogP contribution in [-0.4, -0.2) is 32.3 Å². The predicted octanol–water partition coefficient (Wildman–Crippen LogP) is 3.81. The molecule has 2 aromatic heterocycles. The molecule has 2 heterocycles. The lowest BCUT2D eigenvalue weighted by Crippen LogP contribution is -2.05. The van der Waals surface area contributed by atoms with Crippen molar-refractivity contribution >= 4 is 29.1 Å². The fourth-order valence-electron chi connectivity index (χ4n) is 2.30. The molecule has 25 heavy (non-hydrogen) atoms. The highest BCUT2D eigenvalue weighted by atomic mass is 32.2. The van der Waals surface area contributed by atoms with Crippen molar-refractivity contribution in [2.24, 2.45) is 0 Å². The van der Waals surface area contributed by atoms with E-state index in [-0.39, 0.29) is 5.97 Å². The minimum Gasteiger partial charge on any atom is -0.461 e. The molecule has 0 saturated carbocycles. The van der Waals surface area contributed by atoms with Gasteiger partial charge in [0.1, 0.15) is 10.8 Å². The van der Waals surface area contributed by atoms with Gasteiger partial charge in [-0.25, -0.2) is 9.78 Å². The molecule has 3 rings (SSSR count). The first-order valence-electron chi connectivity index (χ1n) is 7.82. The van der Waals surface area contributed by atoms with Crippen LogP contribution in [0, 0.1) is 13.8 Å². The van der Waals surface area contributed by atoms with Crippen molar-refractivity contribution in [1.82, 2.24) is 19.7 Å². The fourth-order valence-corrected chi connectivity index (χ4v) is 4.08. The van der Waals surface area contributed by atoms with Crippen LogP contribution in [0.3, 0.4) is 0 Å². The number of aryl methyl sites for hydroxylation is 2. The molecule has 0 saturated heterocycles. The molecule has 0 unspecified atom stereocenters. The molecule has 0 amide bonds. The van der Waals surface area contributed by atoms with Gasteiger partial charge in [-0.1, -0.05) is 23.9 Å². The van der Waals surface area contributed by atoms with Crippen molar-refractivity contribution in [1.29, 1.82) is 0 Å². The molecule has 0 aliphatic carbocycles. The summed E-state index contributed by atoms with van der Waals surface area (Å²) in [5.41, 5.74) is 2.58. The summed E-state index contributed by atoms with van der Waals surface area (Å²) in [6, 6.07) is 8.21. The molecule has 0 radical (unpaired) electrons. The van der Waals surface area contributed by atoms with Crippen LogP contribution in [0.25, 0.3) is 5.69 Å². The molecule has 1 aromatic carbocycles. The molecule has 0 aliphatic rings. The Morgan fingerprint density at radius 3 is 2.92 bits per heavy atom. The van der Waals surface area contributed by atoms with Crippen LogP contribution in [0.5, 0.6) is 0 Å². The average Bonchev–Trinajstić information content (AvgIpc) is 3.20. The molecule has 0 spiro atoms. The minimum atomic E-state index is -0.381. The van der Waals surface area contributed by atoms with E-state index in [9.17, 15) is 4.79 Å². The van der Waals surface area contributed by atoms with Gasteiger partial charge in [0.2, 0.25) is 0 Å². The summed E-state index contributed by atoms with van der Waals surface area (Å²) >= 11 is 2.99. The summed E-state index contributed by atoms with van der Waals surface area (Å²) in [7, 11) is 0. The summed E-state index contributed by atoms with van der Waals surface area (Å²) in [6.45, 7) is 6.12. The average molecular weight is 374 g/mol. The molecule has 0 atom stereocenters. The molecule has 0 fully saturated rings. The second-order valence-corrected chi connectivity index (χ2v) is 7.22. The monoisotopic (exact) mass is 374 g/mol. The van der Waals surface area contributed by atoms with Crippen molar-refractivity contribution in [2.45, 2.75) is 31.7 Å². The number of hydrogen-bond acceptors (Lipinski definition) is 7. The van der Waals surface area contributed by atoms with Crippen LogP contribution < -0.4 is 0 Å². The fraction of sp³-hybridized carbons (Fsp3) is 0.294. The number of thiazole rings is 1. The van der Waals surface area contributed by atoms with E-state index < -0.39 is 0 Å². The number of ether oxygens (including phenoxy) is 1. The van der Waals surface area contributed by atoms with Gasteiger partial charge < -0.3 is 4.74 Å². The maximum Gasteiger partial charge on any atom is 0.357 e. The smallest absolute Gasteiger partial charge is 0.357 e. The lowest BCUT2D eigenvalue weighted by atomic mass is 10.2. The van der Waals surface area contributed by atoms with Gasteiger partial charge in [0.05, 0.1) is 12.4 Å². The summed E-state index contributed by atoms with van der Waals surface area (Å²) in [5, 5.41) is 11.8. The lowest BCUT2D eigenvalue weighted by Gasteiger charge is -2.08. The van der Waals surface area contributed by atoms with Crippen molar-refractivity contribution in [3.05, 3.63) is 51.7 Å². The zero-order chi connectivity index (χ0) is 17.8. The van der Waals surface area contributed by atoms with Crippen LogP contribution in [0.15, 0.2) is 34.8 Å². The second kappa shape index (κ2) is 7.79. The maximum absolute atomic E-state index is 11.7. The molecule has 6 nitrogen and oxygen atoms in total. The van der Waals surface area contributed by atoms with Gasteiger partial charge in [0, 0.05) is 11.1 Å². The maximum atomic E-state index is 11.7. The zero-order valence-corrected chi connectivity index (χ0v) is 15.9. The Kier molecular flexibility index (Phi) is 5.50. The van der Waals surface area contributed by atoms with Gasteiger partial charge in [-0.3, -0.25) is 4.57 Å². The molecular weight excluding hydrogens is 356 g/mol. The number of esters is 1. The normalized spacial score (nSPS) is 10.8. The van der Waals surface area contributed by atoms with Gasteiger partial charge in [0.25, 0.3) is 0 Å². The van der Waals surface area contributed by atoms with E-state index in [1.165, 1.54) is 16.9 Å². The number of benzene rings is 1. The van der Waals surface area contributed by atoms with E-state index >= 15 is 0 Å². The second-order valence-electron chi connectivity index (χ2n) is 5.34. The highest BCUT2D eigenvalue weighted by molar-refractivity contribution is 7.98. The van der Waals surface area contributed by atoms with E-state index in [4.69, 9.17) is 4.74 Å². The van der Waals surface area contributed by atoms with E-state index in [1.807, 2.05) is 23.6 Å². The Hall–Kier alpha value is -2.19. The number of carbonyl (C=O) groups is 1. The van der Waals surface area contributed by atoms with Gasteiger partial charge in [-0.2, -0.15) is 0 Å². The molecular formula is C17H18N4O2S2. The summed E-state index contributed by atoms with van der Waals surface area (Å²) in [5.74, 6) is 1.07. The number of aromatic nitrogens is 4. The van der Waals surface area contributed by atoms with E-state index in [0.29, 0.717) is 18.1 Å². The third-order valence-corrected chi connectivity index (χ3v) is 5.39. The van der Waals surface area contributed by atoms with E-state index in [1.54, 1.807) is 24.1 Å². The van der Waals surface area contributed by atoms with Crippen LogP contribution >= 0.6 is 23.1 Å². The SMILES string of the molecule is CCOC(=O)c1csc(CSc2nnc(C)n2-c2cccc(C)c2)n1. The summed E-state index contributed by atoms with van der Waals surface area (Å²) < 4.78 is 6.99. The number of carbonyl (C=O) groups excluding carboxylic acids is 1. The van der Waals surface area contributed by atoms with Crippen molar-refractivity contribution < 1.29 is 9.53 Å². The van der Waals surface area contributed by atoms with Crippen LogP contribution in [-0.2, 0) is 10.5 Å². The van der Waals surface area contributed by atoms with Crippen molar-refractivity contribution in [3.63, 3.8) is 0 Å². The van der Waals surface area contributed by atoms with Crippen LogP contribution in [0.2, 0.25) is 0 Å². The standard InChI is InChI=1S/C17H18N4O2S2/c1-4-23-16(22)14-9-24-15(18-14)10-25-17-20-19-12(3)21(17)13-7-5-6-11(2)8-13/h5-9H,4,10H2,1-3H3. The Labute approximate surface area is 154 Å². The molecule has 0 bridgehead atoms. The number of rotatable bonds is 6. The lowest BCUT2D eigenvalue weighted by molar-refractivity contribution is 0.0520. The van der Waals surface area contributed by atoms with E-state index in [2.05, 4.69) is 34.2 Å². The van der Waals surface area contributed by atoms with Crippen LogP contribution in [0.4, 0.5) is 0 Å². The first-order chi connectivity index (χ1) is 12.1. The molecule has 0 aliphatic heterocycles. The molecule has 130 valence electrons. The van der Waals surface area contributed by atoms with Crippen molar-refractivity contribution in [3.8, 4) is 5.69 Å². The summed E-state index contributed by atoms with van der Waals surface area (Å²) in [4.78, 5) is 16.0. The first kappa shape index (κ1) is 17.6. The van der Waals surface area contributed by atoms with Crippen LogP contribution in [0.1, 0.15) is 33.8 Å². The summed E-state index contributed by atoms with van der Waals surface area (Å²) in [6.07, 6.45) is 0.